The first-order chi connectivity index (χ1) is 18.5. The summed E-state index contributed by atoms with van der Waals surface area (Å²) in [5.41, 5.74) is 1.59. The van der Waals surface area contributed by atoms with Gasteiger partial charge in [-0.3, -0.25) is 13.9 Å². The number of aryl methyl sites for hydroxylation is 1. The third-order valence-corrected chi connectivity index (χ3v) is 8.29. The number of anilines is 1. The van der Waals surface area contributed by atoms with Crippen molar-refractivity contribution in [3.8, 4) is 5.75 Å². The minimum atomic E-state index is -4.24. The number of carbonyl (C=O) groups is 2. The number of methoxy groups -OCH3 is 1. The van der Waals surface area contributed by atoms with Crippen LogP contribution in [-0.4, -0.2) is 51.9 Å². The van der Waals surface area contributed by atoms with Gasteiger partial charge in [0.1, 0.15) is 24.2 Å². The van der Waals surface area contributed by atoms with Gasteiger partial charge < -0.3 is 15.0 Å². The van der Waals surface area contributed by atoms with Gasteiger partial charge in [-0.2, -0.15) is 0 Å². The largest absolute Gasteiger partial charge is 0.495 e. The molecule has 0 aromatic heterocycles. The van der Waals surface area contributed by atoms with E-state index in [9.17, 15) is 22.4 Å². The first-order valence-electron chi connectivity index (χ1n) is 12.2. The zero-order valence-electron chi connectivity index (χ0n) is 22.1. The van der Waals surface area contributed by atoms with Crippen LogP contribution in [0.5, 0.6) is 5.75 Å². The highest BCUT2D eigenvalue weighted by molar-refractivity contribution is 7.92. The molecule has 3 aromatic carbocycles. The maximum atomic E-state index is 13.9. The van der Waals surface area contributed by atoms with Gasteiger partial charge in [0.2, 0.25) is 11.8 Å². The van der Waals surface area contributed by atoms with E-state index in [1.54, 1.807) is 19.1 Å². The maximum absolute atomic E-state index is 13.9. The molecule has 0 aliphatic carbocycles. The lowest BCUT2D eigenvalue weighted by atomic mass is 10.1. The summed E-state index contributed by atoms with van der Waals surface area (Å²) in [4.78, 5) is 27.9. The summed E-state index contributed by atoms with van der Waals surface area (Å²) in [5.74, 6) is -1.14. The Morgan fingerprint density at radius 1 is 1.05 bits per heavy atom. The van der Waals surface area contributed by atoms with Crippen molar-refractivity contribution in [2.75, 3.05) is 25.0 Å². The number of carbonyl (C=O) groups excluding carboxylic acids is 2. The maximum Gasteiger partial charge on any atom is 0.264 e. The smallest absolute Gasteiger partial charge is 0.264 e. The van der Waals surface area contributed by atoms with E-state index in [2.05, 4.69) is 5.32 Å². The molecule has 0 spiro atoms. The molecule has 0 aliphatic heterocycles. The normalized spacial score (nSPS) is 11.9. The number of nitrogens with zero attached hydrogens (tertiary/aromatic N) is 2. The topological polar surface area (TPSA) is 96.0 Å². The summed E-state index contributed by atoms with van der Waals surface area (Å²) in [5, 5.41) is 2.72. The van der Waals surface area contributed by atoms with Crippen molar-refractivity contribution in [3.05, 3.63) is 88.7 Å². The summed E-state index contributed by atoms with van der Waals surface area (Å²) in [6, 6.07) is 15.3. The van der Waals surface area contributed by atoms with Gasteiger partial charge in [-0.15, -0.1) is 0 Å². The summed E-state index contributed by atoms with van der Waals surface area (Å²) in [6.45, 7) is 2.92. The number of benzene rings is 3. The van der Waals surface area contributed by atoms with Crippen molar-refractivity contribution in [1.29, 1.82) is 0 Å². The van der Waals surface area contributed by atoms with Crippen LogP contribution >= 0.6 is 11.6 Å². The van der Waals surface area contributed by atoms with Crippen molar-refractivity contribution in [1.82, 2.24) is 10.2 Å². The Morgan fingerprint density at radius 3 is 2.23 bits per heavy atom. The van der Waals surface area contributed by atoms with Crippen LogP contribution in [-0.2, 0) is 26.2 Å². The van der Waals surface area contributed by atoms with Crippen LogP contribution in [0.3, 0.4) is 0 Å². The zero-order chi connectivity index (χ0) is 28.7. The lowest BCUT2D eigenvalue weighted by molar-refractivity contribution is -0.140. The van der Waals surface area contributed by atoms with E-state index in [-0.39, 0.29) is 28.6 Å². The number of likely N-dealkylation sites (N-methyl/N-ethyl adjacent to an activating group) is 1. The average molecular weight is 576 g/mol. The lowest BCUT2D eigenvalue weighted by Gasteiger charge is -2.33. The summed E-state index contributed by atoms with van der Waals surface area (Å²) in [6.07, 6.45) is 0.270. The molecule has 0 bridgehead atoms. The molecule has 3 aromatic rings. The highest BCUT2D eigenvalue weighted by Crippen LogP contribution is 2.32. The number of halogens is 2. The van der Waals surface area contributed by atoms with Crippen molar-refractivity contribution in [2.45, 2.75) is 37.8 Å². The zero-order valence-corrected chi connectivity index (χ0v) is 23.7. The van der Waals surface area contributed by atoms with Crippen LogP contribution < -0.4 is 14.4 Å². The first-order valence-corrected chi connectivity index (χ1v) is 14.0. The SMILES string of the molecule is CCC(C(=O)NC)N(Cc1ccc(F)cc1)C(=O)CN(c1ccc(OC)c(Cl)c1)S(=O)(=O)c1ccc(C)cc1. The Morgan fingerprint density at radius 2 is 1.69 bits per heavy atom. The van der Waals surface area contributed by atoms with Gasteiger partial charge in [-0.05, 0) is 61.4 Å². The predicted octanol–water partition coefficient (Wildman–Crippen LogP) is 4.54. The van der Waals surface area contributed by atoms with Crippen molar-refractivity contribution >= 4 is 39.1 Å². The molecule has 1 N–H and O–H groups in total. The Bertz CT molecular complexity index is 1420. The fourth-order valence-corrected chi connectivity index (χ4v) is 5.71. The molecular weight excluding hydrogens is 545 g/mol. The van der Waals surface area contributed by atoms with Gasteiger partial charge in [0.05, 0.1) is 22.7 Å². The van der Waals surface area contributed by atoms with E-state index >= 15 is 0 Å². The number of amides is 2. The van der Waals surface area contributed by atoms with E-state index in [0.29, 0.717) is 11.3 Å². The highest BCUT2D eigenvalue weighted by atomic mass is 35.5. The number of nitrogens with one attached hydrogen (secondary N) is 1. The fourth-order valence-electron chi connectivity index (χ4n) is 4.05. The Balaban J connectivity index is 2.09. The van der Waals surface area contributed by atoms with Gasteiger partial charge in [0.25, 0.3) is 10.0 Å². The predicted molar refractivity (Wildman–Crippen MR) is 149 cm³/mol. The van der Waals surface area contributed by atoms with Crippen molar-refractivity contribution in [2.24, 2.45) is 0 Å². The molecule has 0 saturated heterocycles. The molecule has 3 rings (SSSR count). The molecule has 0 saturated carbocycles. The fraction of sp³-hybridized carbons (Fsp3) is 0.286. The van der Waals surface area contributed by atoms with E-state index < -0.39 is 40.2 Å². The monoisotopic (exact) mass is 575 g/mol. The van der Waals surface area contributed by atoms with E-state index in [1.165, 1.54) is 73.7 Å². The molecule has 0 radical (unpaired) electrons. The summed E-state index contributed by atoms with van der Waals surface area (Å²) >= 11 is 6.32. The minimum absolute atomic E-state index is 0.0173. The number of ether oxygens (including phenoxy) is 1. The molecule has 1 atom stereocenters. The second kappa shape index (κ2) is 12.9. The summed E-state index contributed by atoms with van der Waals surface area (Å²) in [7, 11) is -1.35. The number of hydrogen-bond donors (Lipinski definition) is 1. The van der Waals surface area contributed by atoms with Crippen molar-refractivity contribution in [3.63, 3.8) is 0 Å². The van der Waals surface area contributed by atoms with Gasteiger partial charge in [0, 0.05) is 13.6 Å². The van der Waals surface area contributed by atoms with Gasteiger partial charge >= 0.3 is 0 Å². The Hall–Kier alpha value is -3.63. The van der Waals surface area contributed by atoms with Crippen LogP contribution in [0.2, 0.25) is 5.02 Å². The standard InChI is InChI=1S/C28H31ClFN3O5S/c1-5-25(28(35)31-3)32(17-20-8-10-21(30)11-9-20)27(34)18-33(22-12-15-26(38-4)24(29)16-22)39(36,37)23-13-6-19(2)7-14-23/h6-16,25H,5,17-18H2,1-4H3,(H,31,35). The molecule has 0 aliphatic rings. The van der Waals surface area contributed by atoms with Gasteiger partial charge in [0.15, 0.2) is 0 Å². The number of hydrogen-bond acceptors (Lipinski definition) is 5. The molecule has 8 nitrogen and oxygen atoms in total. The molecular formula is C28H31ClFN3O5S. The van der Waals surface area contributed by atoms with Gasteiger partial charge in [-0.1, -0.05) is 48.4 Å². The van der Waals surface area contributed by atoms with E-state index in [4.69, 9.17) is 16.3 Å². The Labute approximate surface area is 233 Å². The molecule has 2 amide bonds. The quantitative estimate of drug-likeness (QED) is 0.362. The van der Waals surface area contributed by atoms with Crippen LogP contribution in [0, 0.1) is 12.7 Å². The molecule has 11 heteroatoms. The average Bonchev–Trinajstić information content (AvgIpc) is 2.92. The molecule has 0 fully saturated rings. The van der Waals surface area contributed by atoms with E-state index in [1.807, 2.05) is 6.92 Å². The summed E-state index contributed by atoms with van der Waals surface area (Å²) < 4.78 is 47.4. The van der Waals surface area contributed by atoms with Crippen LogP contribution in [0.15, 0.2) is 71.6 Å². The van der Waals surface area contributed by atoms with Crippen molar-refractivity contribution < 1.29 is 27.1 Å². The lowest BCUT2D eigenvalue weighted by Crippen LogP contribution is -2.51. The molecule has 208 valence electrons. The molecule has 0 heterocycles. The number of rotatable bonds is 11. The van der Waals surface area contributed by atoms with Crippen LogP contribution in [0.4, 0.5) is 10.1 Å². The van der Waals surface area contributed by atoms with Crippen LogP contribution in [0.25, 0.3) is 0 Å². The molecule has 1 unspecified atom stereocenters. The second-order valence-corrected chi connectivity index (χ2v) is 11.1. The number of sulfonamides is 1. The van der Waals surface area contributed by atoms with Gasteiger partial charge in [-0.25, -0.2) is 12.8 Å². The second-order valence-electron chi connectivity index (χ2n) is 8.83. The Kier molecular flexibility index (Phi) is 9.93. The van der Waals surface area contributed by atoms with Crippen LogP contribution in [0.1, 0.15) is 24.5 Å². The third kappa shape index (κ3) is 7.07. The third-order valence-electron chi connectivity index (χ3n) is 6.21. The minimum Gasteiger partial charge on any atom is -0.495 e. The highest BCUT2D eigenvalue weighted by Gasteiger charge is 2.33. The molecule has 39 heavy (non-hydrogen) atoms. The van der Waals surface area contributed by atoms with E-state index in [0.717, 1.165) is 9.87 Å². The first kappa shape index (κ1) is 29.9.